The highest BCUT2D eigenvalue weighted by molar-refractivity contribution is 7.89. The van der Waals surface area contributed by atoms with Crippen LogP contribution in [-0.4, -0.2) is 63.1 Å². The number of nitrogens with one attached hydrogen (secondary N) is 2. The highest BCUT2D eigenvalue weighted by Gasteiger charge is 2.26. The van der Waals surface area contributed by atoms with Gasteiger partial charge in [-0.15, -0.1) is 0 Å². The zero-order chi connectivity index (χ0) is 24.7. The first-order valence-electron chi connectivity index (χ1n) is 10.7. The van der Waals surface area contributed by atoms with Gasteiger partial charge < -0.3 is 26.8 Å². The molecular weight excluding hydrogens is 460 g/mol. The number of rotatable bonds is 9. The Kier molecular flexibility index (Phi) is 8.08. The lowest BCUT2D eigenvalue weighted by Gasteiger charge is -2.32. The van der Waals surface area contributed by atoms with E-state index in [1.165, 1.54) is 24.3 Å². The van der Waals surface area contributed by atoms with Crippen LogP contribution in [-0.2, 0) is 14.8 Å². The molecule has 0 radical (unpaired) electrons. The number of hydrogen-bond acceptors (Lipinski definition) is 6. The van der Waals surface area contributed by atoms with Crippen molar-refractivity contribution in [3.8, 4) is 0 Å². The molecule has 0 bridgehead atoms. The fraction of sp³-hybridized carbons (Fsp3) is 0.318. The molecule has 0 aliphatic carbocycles. The van der Waals surface area contributed by atoms with Crippen molar-refractivity contribution < 1.29 is 23.1 Å². The van der Waals surface area contributed by atoms with E-state index in [0.29, 0.717) is 5.56 Å². The third kappa shape index (κ3) is 6.68. The average Bonchev–Trinajstić information content (AvgIpc) is 2.82. The van der Waals surface area contributed by atoms with Gasteiger partial charge in [0, 0.05) is 30.9 Å². The second-order valence-corrected chi connectivity index (χ2v) is 9.57. The quantitative estimate of drug-likeness (QED) is 0.243. The molecule has 3 rings (SSSR count). The van der Waals surface area contributed by atoms with E-state index in [1.807, 2.05) is 12.1 Å². The third-order valence-corrected chi connectivity index (χ3v) is 6.89. The van der Waals surface area contributed by atoms with Crippen LogP contribution in [0.4, 0.5) is 5.69 Å². The smallest absolute Gasteiger partial charge is 0.323 e. The maximum atomic E-state index is 12.5. The number of carboxylic acid groups (broad SMARTS) is 1. The molecule has 1 aliphatic rings. The van der Waals surface area contributed by atoms with E-state index in [4.69, 9.17) is 11.5 Å². The van der Waals surface area contributed by atoms with Gasteiger partial charge in [-0.25, -0.2) is 8.42 Å². The number of aliphatic imine (C=N–C) groups is 1. The zero-order valence-corrected chi connectivity index (χ0v) is 19.2. The Bertz CT molecular complexity index is 1130. The van der Waals surface area contributed by atoms with Gasteiger partial charge >= 0.3 is 5.97 Å². The van der Waals surface area contributed by atoms with Gasteiger partial charge in [0.15, 0.2) is 5.96 Å². The van der Waals surface area contributed by atoms with Crippen molar-refractivity contribution in [2.45, 2.75) is 29.8 Å². The first kappa shape index (κ1) is 25.0. The van der Waals surface area contributed by atoms with Crippen LogP contribution in [0, 0.1) is 0 Å². The Hall–Kier alpha value is -3.64. The number of benzene rings is 2. The van der Waals surface area contributed by atoms with Crippen molar-refractivity contribution >= 4 is 33.5 Å². The van der Waals surface area contributed by atoms with Crippen molar-refractivity contribution in [3.05, 3.63) is 60.2 Å². The first-order valence-corrected chi connectivity index (χ1v) is 12.2. The number of carbonyl (C=O) groups excluding carboxylic acids is 1. The number of amides is 1. The number of guanidine groups is 1. The second-order valence-electron chi connectivity index (χ2n) is 7.85. The van der Waals surface area contributed by atoms with Crippen molar-refractivity contribution in [3.63, 3.8) is 0 Å². The van der Waals surface area contributed by atoms with E-state index < -0.39 is 34.5 Å². The minimum Gasteiger partial charge on any atom is -0.480 e. The van der Waals surface area contributed by atoms with Crippen LogP contribution in [0.3, 0.4) is 0 Å². The number of piperidine rings is 1. The predicted molar refractivity (Wildman–Crippen MR) is 128 cm³/mol. The molecule has 0 saturated carbocycles. The largest absolute Gasteiger partial charge is 0.480 e. The fourth-order valence-electron chi connectivity index (χ4n) is 3.62. The van der Waals surface area contributed by atoms with Crippen LogP contribution >= 0.6 is 0 Å². The van der Waals surface area contributed by atoms with Gasteiger partial charge in [-0.1, -0.05) is 18.2 Å². The standard InChI is InChI=1S/C22H28N6O5S/c23-22(24)26-16-10-12-28(13-11-16)17-8-6-15(7-9-17)20(29)25-14-19(21(30)31)27-34(32,33)18-4-2-1-3-5-18/h1-9,16,19,27H,10-14H2,(H,25,29)(H,30,31)(H4,23,24,26)/t19-/m0/s1. The topological polar surface area (TPSA) is 180 Å². The number of hydrogen-bond donors (Lipinski definition) is 5. The minimum atomic E-state index is -4.06. The van der Waals surface area contributed by atoms with Crippen molar-refractivity contribution in [2.24, 2.45) is 16.5 Å². The van der Waals surface area contributed by atoms with Crippen LogP contribution in [0.25, 0.3) is 0 Å². The summed E-state index contributed by atoms with van der Waals surface area (Å²) in [5, 5.41) is 11.9. The molecule has 2 aromatic carbocycles. The monoisotopic (exact) mass is 488 g/mol. The molecule has 0 aromatic heterocycles. The summed E-state index contributed by atoms with van der Waals surface area (Å²) in [5.74, 6) is -1.82. The van der Waals surface area contributed by atoms with E-state index in [1.54, 1.807) is 18.2 Å². The van der Waals surface area contributed by atoms with Crippen molar-refractivity contribution in [2.75, 3.05) is 24.5 Å². The van der Waals surface area contributed by atoms with E-state index in [9.17, 15) is 23.1 Å². The maximum absolute atomic E-state index is 12.5. The number of carbonyl (C=O) groups is 2. The lowest BCUT2D eigenvalue weighted by molar-refractivity contribution is -0.138. The summed E-state index contributed by atoms with van der Waals surface area (Å²) >= 11 is 0. The highest BCUT2D eigenvalue weighted by atomic mass is 32.2. The molecule has 7 N–H and O–H groups in total. The normalized spacial score (nSPS) is 15.4. The Morgan fingerprint density at radius 3 is 2.24 bits per heavy atom. The summed E-state index contributed by atoms with van der Waals surface area (Å²) in [5.41, 5.74) is 12.2. The molecule has 0 spiro atoms. The number of carboxylic acids is 1. The van der Waals surface area contributed by atoms with Gasteiger partial charge in [0.1, 0.15) is 6.04 Å². The van der Waals surface area contributed by atoms with Crippen LogP contribution in [0.5, 0.6) is 0 Å². The summed E-state index contributed by atoms with van der Waals surface area (Å²) in [6.45, 7) is 1.13. The molecule has 1 heterocycles. The van der Waals surface area contributed by atoms with Gasteiger partial charge in [-0.05, 0) is 49.2 Å². The lowest BCUT2D eigenvalue weighted by Crippen LogP contribution is -2.48. The van der Waals surface area contributed by atoms with E-state index in [-0.39, 0.29) is 16.9 Å². The summed E-state index contributed by atoms with van der Waals surface area (Å²) in [6, 6.07) is 12.9. The predicted octanol–water partition coefficient (Wildman–Crippen LogP) is 0.0903. The molecule has 1 amide bonds. The van der Waals surface area contributed by atoms with E-state index >= 15 is 0 Å². The molecule has 2 aromatic rings. The molecule has 12 heteroatoms. The summed E-state index contributed by atoms with van der Waals surface area (Å²) in [6.07, 6.45) is 1.63. The Labute approximate surface area is 197 Å². The van der Waals surface area contributed by atoms with Crippen LogP contribution < -0.4 is 26.4 Å². The molecular formula is C22H28N6O5S. The lowest BCUT2D eigenvalue weighted by atomic mass is 10.0. The molecule has 1 fully saturated rings. The summed E-state index contributed by atoms with van der Waals surface area (Å²) in [7, 11) is -4.06. The number of anilines is 1. The van der Waals surface area contributed by atoms with Crippen LogP contribution in [0.1, 0.15) is 23.2 Å². The van der Waals surface area contributed by atoms with Crippen molar-refractivity contribution in [1.29, 1.82) is 0 Å². The van der Waals surface area contributed by atoms with E-state index in [0.717, 1.165) is 31.6 Å². The van der Waals surface area contributed by atoms with Crippen LogP contribution in [0.2, 0.25) is 0 Å². The zero-order valence-electron chi connectivity index (χ0n) is 18.4. The van der Waals surface area contributed by atoms with Gasteiger partial charge in [-0.2, -0.15) is 4.72 Å². The maximum Gasteiger partial charge on any atom is 0.323 e. The highest BCUT2D eigenvalue weighted by Crippen LogP contribution is 2.22. The fourth-order valence-corrected chi connectivity index (χ4v) is 4.83. The first-order chi connectivity index (χ1) is 16.2. The molecule has 182 valence electrons. The average molecular weight is 489 g/mol. The SMILES string of the molecule is NC(N)=NC1CCN(c2ccc(C(=O)NC[C@H](NS(=O)(=O)c3ccccc3)C(=O)O)cc2)CC1. The number of nitrogens with two attached hydrogens (primary N) is 2. The summed E-state index contributed by atoms with van der Waals surface area (Å²) < 4.78 is 26.9. The molecule has 1 saturated heterocycles. The van der Waals surface area contributed by atoms with Crippen LogP contribution in [0.15, 0.2) is 64.5 Å². The molecule has 0 unspecified atom stereocenters. The number of aliphatic carboxylic acids is 1. The number of nitrogens with zero attached hydrogens (tertiary/aromatic N) is 2. The van der Waals surface area contributed by atoms with Crippen molar-refractivity contribution in [1.82, 2.24) is 10.0 Å². The Morgan fingerprint density at radius 1 is 1.06 bits per heavy atom. The minimum absolute atomic E-state index is 0.0644. The molecule has 11 nitrogen and oxygen atoms in total. The van der Waals surface area contributed by atoms with Gasteiger partial charge in [0.25, 0.3) is 5.91 Å². The van der Waals surface area contributed by atoms with Gasteiger partial charge in [-0.3, -0.25) is 14.6 Å². The Morgan fingerprint density at radius 2 is 1.68 bits per heavy atom. The summed E-state index contributed by atoms with van der Waals surface area (Å²) in [4.78, 5) is 30.4. The third-order valence-electron chi connectivity index (χ3n) is 5.41. The molecule has 1 aliphatic heterocycles. The van der Waals surface area contributed by atoms with Gasteiger partial charge in [0.2, 0.25) is 10.0 Å². The molecule has 34 heavy (non-hydrogen) atoms. The number of sulfonamides is 1. The van der Waals surface area contributed by atoms with Gasteiger partial charge in [0.05, 0.1) is 10.9 Å². The second kappa shape index (κ2) is 11.0. The van der Waals surface area contributed by atoms with E-state index in [2.05, 4.69) is 19.9 Å². The Balaban J connectivity index is 1.56. The molecule has 1 atom stereocenters.